The Morgan fingerprint density at radius 1 is 1.16 bits per heavy atom. The number of carbonyl (C=O) groups is 3. The first-order chi connectivity index (χ1) is 14.7. The number of aliphatic hydroxyl groups is 1. The Labute approximate surface area is 185 Å². The Balaban J connectivity index is 2.03. The maximum absolute atomic E-state index is 13.8. The lowest BCUT2D eigenvalue weighted by Gasteiger charge is -2.38. The predicted molar refractivity (Wildman–Crippen MR) is 116 cm³/mol. The van der Waals surface area contributed by atoms with Gasteiger partial charge in [-0.2, -0.15) is 0 Å². The van der Waals surface area contributed by atoms with Gasteiger partial charge in [-0.25, -0.2) is 0 Å². The van der Waals surface area contributed by atoms with Crippen molar-refractivity contribution in [2.24, 2.45) is 17.8 Å². The van der Waals surface area contributed by atoms with E-state index in [2.05, 4.69) is 17.6 Å². The summed E-state index contributed by atoms with van der Waals surface area (Å²) < 4.78 is 6.53. The van der Waals surface area contributed by atoms with E-state index in [0.29, 0.717) is 25.9 Å². The number of hydrogen-bond acceptors (Lipinski definition) is 5. The van der Waals surface area contributed by atoms with E-state index in [1.54, 1.807) is 4.90 Å². The highest BCUT2D eigenvalue weighted by molar-refractivity contribution is 5.99. The van der Waals surface area contributed by atoms with Gasteiger partial charge in [0.1, 0.15) is 11.6 Å². The lowest BCUT2D eigenvalue weighted by Crippen LogP contribution is -2.59. The Kier molecular flexibility index (Phi) is 7.01. The molecule has 3 amide bonds. The molecule has 3 heterocycles. The first-order valence-corrected chi connectivity index (χ1v) is 11.9. The van der Waals surface area contributed by atoms with Gasteiger partial charge in [0, 0.05) is 13.1 Å². The zero-order valence-electron chi connectivity index (χ0n) is 19.6. The van der Waals surface area contributed by atoms with E-state index < -0.39 is 35.1 Å². The zero-order chi connectivity index (χ0) is 23.0. The summed E-state index contributed by atoms with van der Waals surface area (Å²) in [4.78, 5) is 41.9. The third-order valence-electron chi connectivity index (χ3n) is 7.44. The summed E-state index contributed by atoms with van der Waals surface area (Å²) in [5, 5.41) is 16.0. The maximum Gasteiger partial charge on any atom is 0.245 e. The predicted octanol–water partition coefficient (Wildman–Crippen LogP) is 1.21. The SMILES string of the molecule is CCCCNC(=O)C1N([C@@H](CO)C(C)C)C(=O)[C@@H]2[C@H](C(=O)NCCC)[C@]3(C)CCC12O3. The monoisotopic (exact) mass is 437 g/mol. The van der Waals surface area contributed by atoms with E-state index >= 15 is 0 Å². The molecule has 3 N–H and O–H groups in total. The number of likely N-dealkylation sites (tertiary alicyclic amines) is 1. The fraction of sp³-hybridized carbons (Fsp3) is 0.870. The molecule has 8 heteroatoms. The first kappa shape index (κ1) is 24.0. The molecule has 3 rings (SSSR count). The molecule has 6 atom stereocenters. The van der Waals surface area contributed by atoms with Crippen LogP contribution >= 0.6 is 0 Å². The normalized spacial score (nSPS) is 34.9. The van der Waals surface area contributed by atoms with Gasteiger partial charge < -0.3 is 25.4 Å². The molecule has 0 aliphatic carbocycles. The topological polar surface area (TPSA) is 108 Å². The largest absolute Gasteiger partial charge is 0.394 e. The van der Waals surface area contributed by atoms with Crippen molar-refractivity contribution >= 4 is 17.7 Å². The van der Waals surface area contributed by atoms with Crippen molar-refractivity contribution in [3.63, 3.8) is 0 Å². The number of nitrogens with zero attached hydrogens (tertiary/aromatic N) is 1. The molecule has 3 fully saturated rings. The van der Waals surface area contributed by atoms with Gasteiger partial charge in [0.15, 0.2) is 0 Å². The molecule has 0 radical (unpaired) electrons. The van der Waals surface area contributed by atoms with Crippen LogP contribution in [0.25, 0.3) is 0 Å². The van der Waals surface area contributed by atoms with Gasteiger partial charge in [0.2, 0.25) is 17.7 Å². The molecule has 31 heavy (non-hydrogen) atoms. The Morgan fingerprint density at radius 2 is 1.84 bits per heavy atom. The van der Waals surface area contributed by atoms with Crippen LogP contribution in [0.3, 0.4) is 0 Å². The van der Waals surface area contributed by atoms with Crippen LogP contribution in [-0.2, 0) is 19.1 Å². The second-order valence-corrected chi connectivity index (χ2v) is 9.90. The molecule has 0 aromatic heterocycles. The molecular formula is C23H39N3O5. The fourth-order valence-corrected chi connectivity index (χ4v) is 5.88. The number of aliphatic hydroxyl groups excluding tert-OH is 1. The molecular weight excluding hydrogens is 398 g/mol. The number of carbonyl (C=O) groups excluding carboxylic acids is 3. The van der Waals surface area contributed by atoms with Crippen molar-refractivity contribution in [2.75, 3.05) is 19.7 Å². The Bertz CT molecular complexity index is 713. The summed E-state index contributed by atoms with van der Waals surface area (Å²) in [5.74, 6) is -2.07. The molecule has 0 aromatic carbocycles. The third-order valence-corrected chi connectivity index (χ3v) is 7.44. The summed E-state index contributed by atoms with van der Waals surface area (Å²) in [6, 6.07) is -1.35. The van der Waals surface area contributed by atoms with Gasteiger partial charge in [-0.05, 0) is 38.5 Å². The van der Waals surface area contributed by atoms with Crippen molar-refractivity contribution < 1.29 is 24.2 Å². The average Bonchev–Trinajstić information content (AvgIpc) is 3.28. The summed E-state index contributed by atoms with van der Waals surface area (Å²) in [7, 11) is 0. The summed E-state index contributed by atoms with van der Waals surface area (Å²) in [5.41, 5.74) is -1.79. The van der Waals surface area contributed by atoms with Gasteiger partial charge in [-0.3, -0.25) is 14.4 Å². The second kappa shape index (κ2) is 9.06. The lowest BCUT2D eigenvalue weighted by molar-refractivity contribution is -0.150. The molecule has 8 nitrogen and oxygen atoms in total. The number of ether oxygens (including phenoxy) is 1. The number of amides is 3. The highest BCUT2D eigenvalue weighted by Gasteiger charge is 2.78. The minimum atomic E-state index is -1.03. The van der Waals surface area contributed by atoms with Crippen LogP contribution in [0.4, 0.5) is 0 Å². The van der Waals surface area contributed by atoms with Gasteiger partial charge in [0.05, 0.1) is 30.1 Å². The highest BCUT2D eigenvalue weighted by atomic mass is 16.5. The zero-order valence-corrected chi connectivity index (χ0v) is 19.6. The molecule has 2 unspecified atom stereocenters. The van der Waals surface area contributed by atoms with E-state index in [-0.39, 0.29) is 30.2 Å². The average molecular weight is 438 g/mol. The van der Waals surface area contributed by atoms with E-state index in [1.165, 1.54) is 0 Å². The Hall–Kier alpha value is -1.67. The van der Waals surface area contributed by atoms with Crippen LogP contribution in [0.1, 0.15) is 66.7 Å². The maximum atomic E-state index is 13.8. The molecule has 0 saturated carbocycles. The molecule has 3 saturated heterocycles. The van der Waals surface area contributed by atoms with E-state index in [0.717, 1.165) is 19.3 Å². The lowest BCUT2D eigenvalue weighted by atomic mass is 9.66. The van der Waals surface area contributed by atoms with Crippen LogP contribution in [0.2, 0.25) is 0 Å². The van der Waals surface area contributed by atoms with Crippen LogP contribution in [-0.4, -0.2) is 70.7 Å². The van der Waals surface area contributed by atoms with Crippen molar-refractivity contribution in [1.82, 2.24) is 15.5 Å². The second-order valence-electron chi connectivity index (χ2n) is 9.90. The van der Waals surface area contributed by atoms with E-state index in [9.17, 15) is 19.5 Å². The molecule has 3 aliphatic rings. The van der Waals surface area contributed by atoms with Crippen molar-refractivity contribution in [3.8, 4) is 0 Å². The van der Waals surface area contributed by atoms with Gasteiger partial charge in [-0.1, -0.05) is 34.1 Å². The minimum absolute atomic E-state index is 0.0460. The molecule has 3 aliphatic heterocycles. The summed E-state index contributed by atoms with van der Waals surface area (Å²) in [6.45, 7) is 10.6. The summed E-state index contributed by atoms with van der Waals surface area (Å²) in [6.07, 6.45) is 3.77. The van der Waals surface area contributed by atoms with E-state index in [4.69, 9.17) is 4.74 Å². The van der Waals surface area contributed by atoms with Crippen LogP contribution < -0.4 is 10.6 Å². The van der Waals surface area contributed by atoms with E-state index in [1.807, 2.05) is 27.7 Å². The van der Waals surface area contributed by atoms with Crippen molar-refractivity contribution in [3.05, 3.63) is 0 Å². The standard InChI is InChI=1S/C23H39N3O5/c1-6-8-12-25-20(29)18-23-10-9-22(5,31-23)16(19(28)24-11-7-2)17(23)21(30)26(18)15(13-27)14(3)4/h14-18,27H,6-13H2,1-5H3,(H,24,28)(H,25,29)/t15-,16+,17-,18?,22-,23?/m0/s1. The van der Waals surface area contributed by atoms with Gasteiger partial charge in [0.25, 0.3) is 0 Å². The molecule has 176 valence electrons. The first-order valence-electron chi connectivity index (χ1n) is 11.9. The number of fused-ring (bicyclic) bond motifs is 1. The van der Waals surface area contributed by atoms with Gasteiger partial charge >= 0.3 is 0 Å². The van der Waals surface area contributed by atoms with Crippen molar-refractivity contribution in [1.29, 1.82) is 0 Å². The quantitative estimate of drug-likeness (QED) is 0.445. The number of nitrogens with one attached hydrogen (secondary N) is 2. The van der Waals surface area contributed by atoms with Crippen LogP contribution in [0, 0.1) is 17.8 Å². The number of hydrogen-bond donors (Lipinski definition) is 3. The van der Waals surface area contributed by atoms with Gasteiger partial charge in [-0.15, -0.1) is 0 Å². The Morgan fingerprint density at radius 3 is 2.42 bits per heavy atom. The minimum Gasteiger partial charge on any atom is -0.394 e. The molecule has 0 aromatic rings. The number of unbranched alkanes of at least 4 members (excludes halogenated alkanes) is 1. The van der Waals surface area contributed by atoms with Crippen molar-refractivity contribution in [2.45, 2.75) is 90.0 Å². The molecule has 1 spiro atoms. The number of rotatable bonds is 10. The van der Waals surface area contributed by atoms with Crippen LogP contribution in [0.5, 0.6) is 0 Å². The van der Waals surface area contributed by atoms with Crippen LogP contribution in [0.15, 0.2) is 0 Å². The smallest absolute Gasteiger partial charge is 0.245 e. The summed E-state index contributed by atoms with van der Waals surface area (Å²) >= 11 is 0. The third kappa shape index (κ3) is 3.75. The highest BCUT2D eigenvalue weighted by Crippen LogP contribution is 2.63. The fourth-order valence-electron chi connectivity index (χ4n) is 5.88. The molecule has 2 bridgehead atoms.